The highest BCUT2D eigenvalue weighted by Crippen LogP contribution is 2.44. The number of carbonyl (C=O) groups is 3. The highest BCUT2D eigenvalue weighted by atomic mass is 16.5. The average molecular weight is 479 g/mol. The lowest BCUT2D eigenvalue weighted by molar-refractivity contribution is -0.149. The Hall–Kier alpha value is -3.39. The summed E-state index contributed by atoms with van der Waals surface area (Å²) >= 11 is 0. The minimum Gasteiger partial charge on any atom is -0.479 e. The van der Waals surface area contributed by atoms with Crippen LogP contribution in [0.25, 0.3) is 11.1 Å². The molecule has 2 fully saturated rings. The van der Waals surface area contributed by atoms with Gasteiger partial charge in [0.25, 0.3) is 0 Å². The molecule has 1 saturated heterocycles. The number of nitrogens with one attached hydrogen (secondary N) is 2. The molecule has 2 aliphatic carbocycles. The smallest absolute Gasteiger partial charge is 0.407 e. The number of ether oxygens (including phenoxy) is 2. The summed E-state index contributed by atoms with van der Waals surface area (Å²) in [6, 6.07) is 15.5. The molecule has 2 amide bonds. The highest BCUT2D eigenvalue weighted by molar-refractivity contribution is 5.86. The van der Waals surface area contributed by atoms with Crippen LogP contribution >= 0.6 is 0 Å². The van der Waals surface area contributed by atoms with E-state index in [0.29, 0.717) is 13.0 Å². The number of fused-ring (bicyclic) bond motifs is 3. The fourth-order valence-electron chi connectivity index (χ4n) is 5.40. The molecule has 3 aliphatic rings. The van der Waals surface area contributed by atoms with Gasteiger partial charge < -0.3 is 25.2 Å². The van der Waals surface area contributed by atoms with Crippen LogP contribution in [0.5, 0.6) is 0 Å². The van der Waals surface area contributed by atoms with Crippen molar-refractivity contribution in [2.24, 2.45) is 11.8 Å². The van der Waals surface area contributed by atoms with Crippen LogP contribution in [0, 0.1) is 11.8 Å². The second-order valence-electron chi connectivity index (χ2n) is 9.56. The summed E-state index contributed by atoms with van der Waals surface area (Å²) in [5.41, 5.74) is 4.56. The molecule has 3 atom stereocenters. The Bertz CT molecular complexity index is 1070. The zero-order valence-corrected chi connectivity index (χ0v) is 19.4. The Morgan fingerprint density at radius 1 is 1.00 bits per heavy atom. The number of amides is 2. The van der Waals surface area contributed by atoms with Crippen molar-refractivity contribution in [1.82, 2.24) is 10.6 Å². The summed E-state index contributed by atoms with van der Waals surface area (Å²) in [6.07, 6.45) is 1.76. The van der Waals surface area contributed by atoms with Crippen LogP contribution in [0.3, 0.4) is 0 Å². The maximum Gasteiger partial charge on any atom is 0.407 e. The lowest BCUT2D eigenvalue weighted by Gasteiger charge is -2.33. The van der Waals surface area contributed by atoms with Gasteiger partial charge in [-0.2, -0.15) is 0 Å². The van der Waals surface area contributed by atoms with Gasteiger partial charge in [-0.25, -0.2) is 9.59 Å². The number of carbonyl (C=O) groups excluding carboxylic acids is 2. The molecule has 35 heavy (non-hydrogen) atoms. The number of benzene rings is 2. The number of hydrogen-bond donors (Lipinski definition) is 3. The van der Waals surface area contributed by atoms with E-state index in [1.54, 1.807) is 0 Å². The Labute approximate surface area is 204 Å². The van der Waals surface area contributed by atoms with Gasteiger partial charge in [0.05, 0.1) is 0 Å². The van der Waals surface area contributed by atoms with Gasteiger partial charge in [-0.3, -0.25) is 4.79 Å². The standard InChI is InChI=1S/C27H30N2O6/c30-25(28-14-17-12-13-34-24(17)26(31)32)23(16-6-5-7-16)29-27(33)35-15-22-20-10-3-1-8-18(20)19-9-2-4-11-21(19)22/h1-4,8-11,16-17,22-24H,5-7,12-15H2,(H,28,30)(H,29,33)(H,31,32)/t17-,23?,24-/m0/s1. The number of carboxylic acid groups (broad SMARTS) is 1. The minimum absolute atomic E-state index is 0.0468. The van der Waals surface area contributed by atoms with Gasteiger partial charge in [0, 0.05) is 25.0 Å². The topological polar surface area (TPSA) is 114 Å². The summed E-state index contributed by atoms with van der Waals surface area (Å²) in [5.74, 6) is -1.62. The maximum atomic E-state index is 13.0. The molecule has 1 aliphatic heterocycles. The summed E-state index contributed by atoms with van der Waals surface area (Å²) < 4.78 is 10.9. The molecule has 0 bridgehead atoms. The van der Waals surface area contributed by atoms with Crippen molar-refractivity contribution < 1.29 is 29.0 Å². The van der Waals surface area contributed by atoms with Crippen molar-refractivity contribution >= 4 is 18.0 Å². The van der Waals surface area contributed by atoms with E-state index < -0.39 is 24.2 Å². The summed E-state index contributed by atoms with van der Waals surface area (Å²) in [7, 11) is 0. The minimum atomic E-state index is -1.02. The summed E-state index contributed by atoms with van der Waals surface area (Å²) in [4.78, 5) is 37.1. The van der Waals surface area contributed by atoms with Crippen LogP contribution in [0.2, 0.25) is 0 Å². The molecule has 8 heteroatoms. The molecular weight excluding hydrogens is 448 g/mol. The Kier molecular flexibility index (Phi) is 6.72. The number of carboxylic acids is 1. The molecule has 1 unspecified atom stereocenters. The second kappa shape index (κ2) is 10.1. The van der Waals surface area contributed by atoms with Crippen molar-refractivity contribution in [3.63, 3.8) is 0 Å². The number of alkyl carbamates (subject to hydrolysis) is 1. The van der Waals surface area contributed by atoms with Crippen molar-refractivity contribution in [1.29, 1.82) is 0 Å². The van der Waals surface area contributed by atoms with E-state index >= 15 is 0 Å². The van der Waals surface area contributed by atoms with Gasteiger partial charge in [-0.1, -0.05) is 55.0 Å². The molecule has 0 radical (unpaired) electrons. The van der Waals surface area contributed by atoms with Crippen LogP contribution in [0.15, 0.2) is 48.5 Å². The van der Waals surface area contributed by atoms with E-state index in [-0.39, 0.29) is 36.8 Å². The van der Waals surface area contributed by atoms with Crippen molar-refractivity contribution in [2.75, 3.05) is 19.8 Å². The molecule has 2 aromatic carbocycles. The van der Waals surface area contributed by atoms with E-state index in [1.165, 1.54) is 0 Å². The van der Waals surface area contributed by atoms with Crippen molar-refractivity contribution in [2.45, 2.75) is 43.7 Å². The molecule has 3 N–H and O–H groups in total. The van der Waals surface area contributed by atoms with E-state index in [1.807, 2.05) is 24.3 Å². The van der Waals surface area contributed by atoms with Crippen LogP contribution in [-0.4, -0.2) is 55.0 Å². The predicted molar refractivity (Wildman–Crippen MR) is 128 cm³/mol. The maximum absolute atomic E-state index is 13.0. The van der Waals surface area contributed by atoms with Crippen LogP contribution < -0.4 is 10.6 Å². The third kappa shape index (κ3) is 4.75. The van der Waals surface area contributed by atoms with Gasteiger partial charge in [0.1, 0.15) is 12.6 Å². The van der Waals surface area contributed by atoms with Crippen molar-refractivity contribution in [3.05, 3.63) is 59.7 Å². The van der Waals surface area contributed by atoms with Crippen LogP contribution in [0.1, 0.15) is 42.7 Å². The summed E-state index contributed by atoms with van der Waals surface area (Å²) in [6.45, 7) is 0.742. The number of aliphatic carboxylic acids is 1. The first kappa shape index (κ1) is 23.4. The third-order valence-corrected chi connectivity index (χ3v) is 7.52. The van der Waals surface area contributed by atoms with E-state index in [4.69, 9.17) is 9.47 Å². The fraction of sp³-hybridized carbons (Fsp3) is 0.444. The van der Waals surface area contributed by atoms with E-state index in [0.717, 1.165) is 41.5 Å². The quantitative estimate of drug-likeness (QED) is 0.537. The zero-order valence-electron chi connectivity index (χ0n) is 19.4. The van der Waals surface area contributed by atoms with Crippen molar-refractivity contribution in [3.8, 4) is 11.1 Å². The lowest BCUT2D eigenvalue weighted by Crippen LogP contribution is -2.53. The first-order chi connectivity index (χ1) is 17.0. The number of rotatable bonds is 8. The van der Waals surface area contributed by atoms with Gasteiger partial charge in [0.15, 0.2) is 6.10 Å². The molecule has 0 aromatic heterocycles. The average Bonchev–Trinajstić information content (AvgIpc) is 3.42. The zero-order chi connectivity index (χ0) is 24.4. The second-order valence-corrected chi connectivity index (χ2v) is 9.56. The molecular formula is C27H30N2O6. The molecule has 1 saturated carbocycles. The Balaban J connectivity index is 1.20. The summed E-state index contributed by atoms with van der Waals surface area (Å²) in [5, 5.41) is 14.9. The SMILES string of the molecule is O=C(NC(C(=O)NC[C@@H]1CCO[C@@H]1C(=O)O)C1CCC1)OCC1c2ccccc2-c2ccccc21. The first-order valence-corrected chi connectivity index (χ1v) is 12.3. The molecule has 0 spiro atoms. The van der Waals surface area contributed by atoms with Gasteiger partial charge in [-0.15, -0.1) is 0 Å². The lowest BCUT2D eigenvalue weighted by atomic mass is 9.79. The predicted octanol–water partition coefficient (Wildman–Crippen LogP) is 3.30. The normalized spacial score (nSPS) is 21.9. The largest absolute Gasteiger partial charge is 0.479 e. The molecule has 184 valence electrons. The Morgan fingerprint density at radius 2 is 1.66 bits per heavy atom. The van der Waals surface area contributed by atoms with Gasteiger partial charge >= 0.3 is 12.1 Å². The first-order valence-electron chi connectivity index (χ1n) is 12.3. The van der Waals surface area contributed by atoms with Gasteiger partial charge in [-0.05, 0) is 47.4 Å². The van der Waals surface area contributed by atoms with Crippen LogP contribution in [-0.2, 0) is 19.1 Å². The molecule has 8 nitrogen and oxygen atoms in total. The molecule has 1 heterocycles. The highest BCUT2D eigenvalue weighted by Gasteiger charge is 2.38. The van der Waals surface area contributed by atoms with Crippen LogP contribution in [0.4, 0.5) is 4.79 Å². The monoisotopic (exact) mass is 478 g/mol. The molecule has 5 rings (SSSR count). The van der Waals surface area contributed by atoms with Gasteiger partial charge in [0.2, 0.25) is 5.91 Å². The molecule has 2 aromatic rings. The fourth-order valence-corrected chi connectivity index (χ4v) is 5.40. The van der Waals surface area contributed by atoms with E-state index in [9.17, 15) is 19.5 Å². The Morgan fingerprint density at radius 3 is 2.26 bits per heavy atom. The number of hydrogen-bond acceptors (Lipinski definition) is 5. The third-order valence-electron chi connectivity index (χ3n) is 7.52. The van der Waals surface area contributed by atoms with E-state index in [2.05, 4.69) is 34.9 Å².